The first-order valence-corrected chi connectivity index (χ1v) is 15.6. The summed E-state index contributed by atoms with van der Waals surface area (Å²) < 4.78 is 9.87. The van der Waals surface area contributed by atoms with Crippen LogP contribution in [0.15, 0.2) is 44.3 Å². The number of hydrogen-bond donors (Lipinski definition) is 0. The largest absolute Gasteiger partial charge is 0.612 e. The first-order chi connectivity index (χ1) is 14.9. The Bertz CT molecular complexity index is 590. The van der Waals surface area contributed by atoms with Crippen LogP contribution in [0, 0.1) is 0 Å². The Kier molecular flexibility index (Phi) is 14.2. The minimum Gasteiger partial charge on any atom is -0.612 e. The van der Waals surface area contributed by atoms with E-state index in [1.54, 1.807) is 13.8 Å². The van der Waals surface area contributed by atoms with Crippen LogP contribution in [-0.2, 0) is 9.47 Å². The van der Waals surface area contributed by atoms with Gasteiger partial charge in [-0.1, -0.05) is 13.8 Å². The molecule has 0 aromatic rings. The minimum atomic E-state index is -1.91. The van der Waals surface area contributed by atoms with Gasteiger partial charge in [-0.3, -0.25) is 0 Å². The van der Waals surface area contributed by atoms with E-state index in [0.29, 0.717) is 35.8 Å². The molecule has 32 heavy (non-hydrogen) atoms. The lowest BCUT2D eigenvalue weighted by atomic mass is 10.5. The topological polar surface area (TPSA) is 114 Å². The van der Waals surface area contributed by atoms with Crippen LogP contribution in [0.3, 0.4) is 0 Å². The summed E-state index contributed by atoms with van der Waals surface area (Å²) in [4.78, 5) is 9.55. The van der Waals surface area contributed by atoms with E-state index in [1.807, 2.05) is 0 Å². The van der Waals surface area contributed by atoms with Gasteiger partial charge in [0.05, 0.1) is 46.9 Å². The Balaban J connectivity index is 6.07. The molecule has 0 aromatic heterocycles. The zero-order chi connectivity index (χ0) is 24.9. The van der Waals surface area contributed by atoms with E-state index in [4.69, 9.17) is 19.2 Å². The lowest BCUT2D eigenvalue weighted by molar-refractivity contribution is -0.357. The first-order valence-electron chi connectivity index (χ1n) is 11.5. The third-order valence-electron chi connectivity index (χ3n) is 5.73. The molecule has 10 heteroatoms. The average Bonchev–Trinajstić information content (AvgIpc) is 2.68. The van der Waals surface area contributed by atoms with Gasteiger partial charge in [-0.2, -0.15) is 0 Å². The van der Waals surface area contributed by atoms with E-state index >= 15 is 0 Å². The fourth-order valence-electron chi connectivity index (χ4n) is 3.75. The van der Waals surface area contributed by atoms with Crippen molar-refractivity contribution >= 4 is 14.8 Å². The second-order valence-electron chi connectivity index (χ2n) is 8.77. The van der Waals surface area contributed by atoms with Crippen molar-refractivity contribution in [3.63, 3.8) is 0 Å². The van der Waals surface area contributed by atoms with Crippen molar-refractivity contribution in [3.8, 4) is 0 Å². The zero-order valence-corrected chi connectivity index (χ0v) is 23.4. The van der Waals surface area contributed by atoms with E-state index < -0.39 is 26.7 Å². The van der Waals surface area contributed by atoms with E-state index in [2.05, 4.69) is 65.6 Å². The second kappa shape index (κ2) is 14.8. The molecule has 0 N–H and O–H groups in total. The third-order valence-corrected chi connectivity index (χ3v) is 16.0. The van der Waals surface area contributed by atoms with Crippen molar-refractivity contribution in [2.24, 2.45) is 20.0 Å². The fraction of sp³-hybridized carbons (Fsp3) is 0.818. The molecule has 0 unspecified atom stereocenters. The molecule has 0 heterocycles. The standard InChI is InChI=1S/C22H44N4O4P2/c1-11-29-21(27)15-23-25-31(17(3)4,18(5)6)13-14-32(19(7)8,20(9)10)26-24-16-22(28)30-12-2/h15-20H,11-14H2,1-10H3. The quantitative estimate of drug-likeness (QED) is 0.164. The molecule has 0 spiro atoms. The highest BCUT2D eigenvalue weighted by Crippen LogP contribution is 2.74. The summed E-state index contributed by atoms with van der Waals surface area (Å²) in [5, 5.41) is 31.7. The Labute approximate surface area is 196 Å². The smallest absolute Gasteiger partial charge is 0.165 e. The van der Waals surface area contributed by atoms with Crippen LogP contribution in [0.1, 0.15) is 69.2 Å². The van der Waals surface area contributed by atoms with Gasteiger partial charge in [0.25, 0.3) is 0 Å². The molecule has 0 aliphatic carbocycles. The van der Waals surface area contributed by atoms with Gasteiger partial charge in [-0.25, -0.2) is 0 Å². The molecule has 0 saturated heterocycles. The maximum atomic E-state index is 11.7. The highest BCUT2D eigenvalue weighted by Gasteiger charge is 2.53. The van der Waals surface area contributed by atoms with Gasteiger partial charge in [0, 0.05) is 0 Å². The van der Waals surface area contributed by atoms with Crippen molar-refractivity contribution in [2.45, 2.75) is 91.9 Å². The molecule has 0 aliphatic rings. The van der Waals surface area contributed by atoms with E-state index in [9.17, 15) is 10.2 Å². The van der Waals surface area contributed by atoms with Gasteiger partial charge >= 0.3 is 0 Å². The number of rotatable bonds is 15. The van der Waals surface area contributed by atoms with Crippen molar-refractivity contribution < 1.29 is 19.7 Å². The van der Waals surface area contributed by atoms with Gasteiger partial charge in [0.15, 0.2) is 14.8 Å². The van der Waals surface area contributed by atoms with Crippen LogP contribution in [0.25, 0.3) is 0 Å². The molecule has 8 nitrogen and oxygen atoms in total. The summed E-state index contributed by atoms with van der Waals surface area (Å²) in [6.07, 6.45) is 4.07. The van der Waals surface area contributed by atoms with Crippen LogP contribution in [0.4, 0.5) is 0 Å². The third kappa shape index (κ3) is 8.94. The SMILES string of the molecule is CCOC([O-])=CN=N[P+](CC[P+](N=NC=C([O-])OCC)(C(C)C)C(C)C)(C(C)C)C(C)C. The van der Waals surface area contributed by atoms with Crippen LogP contribution in [0.5, 0.6) is 0 Å². The van der Waals surface area contributed by atoms with E-state index in [-0.39, 0.29) is 0 Å². The summed E-state index contributed by atoms with van der Waals surface area (Å²) in [6, 6.07) is 0. The summed E-state index contributed by atoms with van der Waals surface area (Å²) in [7, 11) is -3.82. The summed E-state index contributed by atoms with van der Waals surface area (Å²) in [5.74, 6) is -0.951. The maximum absolute atomic E-state index is 11.7. The van der Waals surface area contributed by atoms with Gasteiger partial charge < -0.3 is 19.7 Å². The van der Waals surface area contributed by atoms with Crippen LogP contribution < -0.4 is 10.2 Å². The van der Waals surface area contributed by atoms with Gasteiger partial charge in [-0.15, -0.1) is 10.2 Å². The molecule has 0 rings (SSSR count). The molecule has 0 atom stereocenters. The monoisotopic (exact) mass is 490 g/mol. The summed E-state index contributed by atoms with van der Waals surface area (Å²) >= 11 is 0. The maximum Gasteiger partial charge on any atom is 0.165 e. The molecule has 0 aromatic carbocycles. The van der Waals surface area contributed by atoms with Crippen molar-refractivity contribution in [1.82, 2.24) is 0 Å². The Hall–Kier alpha value is -1.26. The van der Waals surface area contributed by atoms with Gasteiger partial charge in [0.1, 0.15) is 12.3 Å². The van der Waals surface area contributed by atoms with Crippen molar-refractivity contribution in [2.75, 3.05) is 25.5 Å². The van der Waals surface area contributed by atoms with Crippen molar-refractivity contribution in [1.29, 1.82) is 0 Å². The Morgan fingerprint density at radius 1 is 0.656 bits per heavy atom. The summed E-state index contributed by atoms with van der Waals surface area (Å²) in [5.41, 5.74) is 1.24. The molecule has 0 amide bonds. The molecule has 0 fully saturated rings. The Morgan fingerprint density at radius 2 is 0.938 bits per heavy atom. The van der Waals surface area contributed by atoms with Gasteiger partial charge in [0.2, 0.25) is 0 Å². The Morgan fingerprint density at radius 3 is 1.16 bits per heavy atom. The molecule has 0 radical (unpaired) electrons. The minimum absolute atomic E-state index is 0.309. The highest BCUT2D eigenvalue weighted by molar-refractivity contribution is 7.79. The van der Waals surface area contributed by atoms with Crippen LogP contribution >= 0.6 is 14.8 Å². The molecular formula is C22H44N4O4P2. The lowest BCUT2D eigenvalue weighted by Gasteiger charge is -2.32. The van der Waals surface area contributed by atoms with Crippen molar-refractivity contribution in [3.05, 3.63) is 24.3 Å². The first kappa shape index (κ1) is 30.7. The van der Waals surface area contributed by atoms with Crippen LogP contribution in [-0.4, -0.2) is 48.2 Å². The number of nitrogens with zero attached hydrogens (tertiary/aromatic N) is 4. The molecule has 186 valence electrons. The average molecular weight is 491 g/mol. The fourth-order valence-corrected chi connectivity index (χ4v) is 12.3. The highest BCUT2D eigenvalue weighted by atomic mass is 31.2. The van der Waals surface area contributed by atoms with E-state index in [1.165, 1.54) is 12.4 Å². The predicted molar refractivity (Wildman–Crippen MR) is 133 cm³/mol. The predicted octanol–water partition coefficient (Wildman–Crippen LogP) is 5.78. The van der Waals surface area contributed by atoms with Crippen LogP contribution in [0.2, 0.25) is 0 Å². The normalized spacial score (nSPS) is 14.7. The second-order valence-corrected chi connectivity index (χ2v) is 17.7. The van der Waals surface area contributed by atoms with Gasteiger partial charge in [-0.05, 0) is 78.4 Å². The molecular weight excluding hydrogens is 446 g/mol. The molecule has 0 saturated carbocycles. The number of ether oxygens (including phenoxy) is 2. The summed E-state index contributed by atoms with van der Waals surface area (Å²) in [6.45, 7) is 21.6. The zero-order valence-electron chi connectivity index (χ0n) is 21.6. The molecule has 0 bridgehead atoms. The number of hydrogen-bond acceptors (Lipinski definition) is 8. The van der Waals surface area contributed by atoms with E-state index in [0.717, 1.165) is 12.3 Å². The lowest BCUT2D eigenvalue weighted by Crippen LogP contribution is -2.24. The molecule has 0 aliphatic heterocycles.